The van der Waals surface area contributed by atoms with E-state index in [1.54, 1.807) is 6.07 Å². The average Bonchev–Trinajstić information content (AvgIpc) is 2.37. The van der Waals surface area contributed by atoms with Crippen LogP contribution >= 0.6 is 0 Å². The lowest BCUT2D eigenvalue weighted by atomic mass is 10.1. The molecule has 0 aromatic heterocycles. The molecule has 21 heavy (non-hydrogen) atoms. The third-order valence-corrected chi connectivity index (χ3v) is 4.52. The quantitative estimate of drug-likeness (QED) is 0.882. The molecular weight excluding hydrogens is 298 g/mol. The van der Waals surface area contributed by atoms with E-state index in [-0.39, 0.29) is 16.8 Å². The largest absolute Gasteiger partial charge is 0.399 e. The first-order chi connectivity index (χ1) is 9.83. The molecule has 0 fully saturated rings. The number of nitrogens with two attached hydrogens (primary N) is 1. The van der Waals surface area contributed by atoms with Gasteiger partial charge in [-0.15, -0.1) is 0 Å². The second-order valence-electron chi connectivity index (χ2n) is 4.36. The maximum Gasteiger partial charge on any atom is 0.185 e. The van der Waals surface area contributed by atoms with Crippen molar-refractivity contribution in [2.45, 2.75) is 10.6 Å². The molecule has 2 N–H and O–H groups in total. The first-order valence-electron chi connectivity index (χ1n) is 5.80. The first kappa shape index (κ1) is 14.9. The summed E-state index contributed by atoms with van der Waals surface area (Å²) in [4.78, 5) is -0.537. The summed E-state index contributed by atoms with van der Waals surface area (Å²) in [5.74, 6) is -2.32. The molecule has 0 saturated heterocycles. The van der Waals surface area contributed by atoms with E-state index in [0.717, 1.165) is 24.3 Å². The molecule has 7 heteroatoms. The number of sulfone groups is 1. The number of nitriles is 1. The van der Waals surface area contributed by atoms with Crippen LogP contribution in [0.4, 0.5) is 14.5 Å². The normalized spacial score (nSPS) is 11.1. The Morgan fingerprint density at radius 3 is 2.48 bits per heavy atom. The van der Waals surface area contributed by atoms with Crippen molar-refractivity contribution in [3.05, 3.63) is 59.2 Å². The molecule has 108 valence electrons. The molecule has 0 amide bonds. The van der Waals surface area contributed by atoms with Crippen molar-refractivity contribution in [2.75, 3.05) is 5.73 Å². The van der Waals surface area contributed by atoms with Gasteiger partial charge < -0.3 is 5.73 Å². The number of halogens is 2. The smallest absolute Gasteiger partial charge is 0.185 e. The monoisotopic (exact) mass is 308 g/mol. The van der Waals surface area contributed by atoms with Crippen LogP contribution < -0.4 is 5.73 Å². The third kappa shape index (κ3) is 3.17. The predicted molar refractivity (Wildman–Crippen MR) is 72.8 cm³/mol. The minimum absolute atomic E-state index is 0.0197. The van der Waals surface area contributed by atoms with Gasteiger partial charge in [0.25, 0.3) is 0 Å². The van der Waals surface area contributed by atoms with E-state index in [9.17, 15) is 17.2 Å². The van der Waals surface area contributed by atoms with Crippen LogP contribution in [0.25, 0.3) is 0 Å². The van der Waals surface area contributed by atoms with Gasteiger partial charge in [-0.25, -0.2) is 17.2 Å². The van der Waals surface area contributed by atoms with Crippen molar-refractivity contribution in [3.63, 3.8) is 0 Å². The van der Waals surface area contributed by atoms with Gasteiger partial charge in [0.15, 0.2) is 9.84 Å². The van der Waals surface area contributed by atoms with Gasteiger partial charge in [-0.3, -0.25) is 0 Å². The van der Waals surface area contributed by atoms with E-state index in [4.69, 9.17) is 11.0 Å². The van der Waals surface area contributed by atoms with Gasteiger partial charge in [-0.1, -0.05) is 0 Å². The van der Waals surface area contributed by atoms with Crippen molar-refractivity contribution in [3.8, 4) is 6.07 Å². The highest BCUT2D eigenvalue weighted by atomic mass is 32.2. The minimum Gasteiger partial charge on any atom is -0.399 e. The fraction of sp³-hybridized carbons (Fsp3) is 0.0714. The van der Waals surface area contributed by atoms with Crippen molar-refractivity contribution in [1.82, 2.24) is 0 Å². The van der Waals surface area contributed by atoms with Crippen LogP contribution in [-0.2, 0) is 15.6 Å². The number of nitrogen functional groups attached to an aromatic ring is 1. The lowest BCUT2D eigenvalue weighted by Gasteiger charge is -2.08. The standard InChI is InChI=1S/C14H10F2N2O2S/c15-11-2-1-9(7-17)10(5-11)8-21(19,20)14-4-3-12(18)6-13(14)16/h1-6H,8,18H2. The molecule has 4 nitrogen and oxygen atoms in total. The van der Waals surface area contributed by atoms with Crippen molar-refractivity contribution < 1.29 is 17.2 Å². The van der Waals surface area contributed by atoms with Crippen molar-refractivity contribution in [1.29, 1.82) is 5.26 Å². The van der Waals surface area contributed by atoms with E-state index in [1.807, 2.05) is 0 Å². The molecule has 0 saturated carbocycles. The number of hydrogen-bond donors (Lipinski definition) is 1. The van der Waals surface area contributed by atoms with Crippen LogP contribution in [0.3, 0.4) is 0 Å². The molecule has 2 aromatic carbocycles. The Morgan fingerprint density at radius 1 is 1.14 bits per heavy atom. The molecule has 0 atom stereocenters. The van der Waals surface area contributed by atoms with Crippen LogP contribution in [0.15, 0.2) is 41.3 Å². The SMILES string of the molecule is N#Cc1ccc(F)cc1CS(=O)(=O)c1ccc(N)cc1F. The summed E-state index contributed by atoms with van der Waals surface area (Å²) in [6, 6.07) is 8.16. The second kappa shape index (κ2) is 5.50. The fourth-order valence-electron chi connectivity index (χ4n) is 1.84. The van der Waals surface area contributed by atoms with Crippen molar-refractivity contribution in [2.24, 2.45) is 0 Å². The van der Waals surface area contributed by atoms with E-state index in [2.05, 4.69) is 0 Å². The van der Waals surface area contributed by atoms with Crippen LogP contribution in [0.1, 0.15) is 11.1 Å². The highest BCUT2D eigenvalue weighted by Gasteiger charge is 2.21. The highest BCUT2D eigenvalue weighted by molar-refractivity contribution is 7.90. The zero-order valence-electron chi connectivity index (χ0n) is 10.7. The molecule has 0 heterocycles. The summed E-state index contributed by atoms with van der Waals surface area (Å²) < 4.78 is 51.3. The Balaban J connectivity index is 2.47. The second-order valence-corrected chi connectivity index (χ2v) is 6.32. The van der Waals surface area contributed by atoms with Crippen LogP contribution in [0.2, 0.25) is 0 Å². The van der Waals surface area contributed by atoms with Crippen LogP contribution in [0, 0.1) is 23.0 Å². The topological polar surface area (TPSA) is 84.0 Å². The minimum atomic E-state index is -4.06. The number of rotatable bonds is 3. The zero-order chi connectivity index (χ0) is 15.6. The van der Waals surface area contributed by atoms with Gasteiger partial charge in [-0.05, 0) is 42.0 Å². The summed E-state index contributed by atoms with van der Waals surface area (Å²) in [5, 5.41) is 8.91. The molecule has 2 rings (SSSR count). The van der Waals surface area contributed by atoms with E-state index < -0.39 is 32.1 Å². The Hall–Kier alpha value is -2.46. The third-order valence-electron chi connectivity index (χ3n) is 2.82. The summed E-state index contributed by atoms with van der Waals surface area (Å²) in [6.07, 6.45) is 0. The average molecular weight is 308 g/mol. The predicted octanol–water partition coefficient (Wildman–Crippen LogP) is 2.39. The van der Waals surface area contributed by atoms with Crippen LogP contribution in [-0.4, -0.2) is 8.42 Å². The van der Waals surface area contributed by atoms with E-state index in [1.165, 1.54) is 12.1 Å². The summed E-state index contributed by atoms with van der Waals surface area (Å²) in [6.45, 7) is 0. The van der Waals surface area contributed by atoms with E-state index in [0.29, 0.717) is 0 Å². The Labute approximate surface area is 120 Å². The summed E-state index contributed by atoms with van der Waals surface area (Å²) in [7, 11) is -4.06. The molecule has 2 aromatic rings. The van der Waals surface area contributed by atoms with Gasteiger partial charge in [0, 0.05) is 5.69 Å². The van der Waals surface area contributed by atoms with Gasteiger partial charge in [0.2, 0.25) is 0 Å². The summed E-state index contributed by atoms with van der Waals surface area (Å²) in [5.41, 5.74) is 5.46. The number of hydrogen-bond acceptors (Lipinski definition) is 4. The molecular formula is C14H10F2N2O2S. The van der Waals surface area contributed by atoms with Crippen LogP contribution in [0.5, 0.6) is 0 Å². The zero-order valence-corrected chi connectivity index (χ0v) is 11.5. The van der Waals surface area contributed by atoms with E-state index >= 15 is 0 Å². The molecule has 0 spiro atoms. The summed E-state index contributed by atoms with van der Waals surface area (Å²) >= 11 is 0. The molecule has 0 unspecified atom stereocenters. The lowest BCUT2D eigenvalue weighted by Crippen LogP contribution is -2.09. The van der Waals surface area contributed by atoms with Crippen molar-refractivity contribution >= 4 is 15.5 Å². The number of nitrogens with zero attached hydrogens (tertiary/aromatic N) is 1. The Morgan fingerprint density at radius 2 is 1.86 bits per heavy atom. The van der Waals surface area contributed by atoms with Gasteiger partial charge >= 0.3 is 0 Å². The lowest BCUT2D eigenvalue weighted by molar-refractivity contribution is 0.566. The molecule has 0 aliphatic heterocycles. The maximum absolute atomic E-state index is 13.7. The molecule has 0 radical (unpaired) electrons. The van der Waals surface area contributed by atoms with Gasteiger partial charge in [0.1, 0.15) is 16.5 Å². The Bertz CT molecular complexity index is 843. The number of anilines is 1. The van der Waals surface area contributed by atoms with Gasteiger partial charge in [0.05, 0.1) is 17.4 Å². The molecule has 0 aliphatic rings. The fourth-order valence-corrected chi connectivity index (χ4v) is 3.28. The first-order valence-corrected chi connectivity index (χ1v) is 7.45. The highest BCUT2D eigenvalue weighted by Crippen LogP contribution is 2.23. The molecule has 0 aliphatic carbocycles. The Kier molecular flexibility index (Phi) is 3.91. The maximum atomic E-state index is 13.7. The number of benzene rings is 2. The molecule has 0 bridgehead atoms. The van der Waals surface area contributed by atoms with Gasteiger partial charge in [-0.2, -0.15) is 5.26 Å².